The Morgan fingerprint density at radius 1 is 1.42 bits per heavy atom. The third kappa shape index (κ3) is 2.93. The summed E-state index contributed by atoms with van der Waals surface area (Å²) in [4.78, 5) is 16.4. The first-order valence-corrected chi connectivity index (χ1v) is 6.56. The maximum atomic E-state index is 12.4. The molecule has 0 atom stereocenters. The standard InChI is InChI=1S/C13H19N5O/c1-3-12-11(10-16(2)15-12)13(19)18-8-6-17(5-4-14)7-9-18/h10H,3,5-9H2,1-2H3. The van der Waals surface area contributed by atoms with E-state index in [4.69, 9.17) is 5.26 Å². The fourth-order valence-corrected chi connectivity index (χ4v) is 2.35. The van der Waals surface area contributed by atoms with Gasteiger partial charge in [-0.25, -0.2) is 0 Å². The van der Waals surface area contributed by atoms with Gasteiger partial charge in [-0.2, -0.15) is 10.4 Å². The van der Waals surface area contributed by atoms with Gasteiger partial charge in [0.2, 0.25) is 0 Å². The van der Waals surface area contributed by atoms with E-state index in [2.05, 4.69) is 16.1 Å². The third-order valence-corrected chi connectivity index (χ3v) is 3.42. The number of nitriles is 1. The van der Waals surface area contributed by atoms with Crippen LogP contribution in [-0.2, 0) is 13.5 Å². The maximum absolute atomic E-state index is 12.4. The zero-order valence-corrected chi connectivity index (χ0v) is 11.5. The molecule has 0 spiro atoms. The van der Waals surface area contributed by atoms with Crippen molar-refractivity contribution in [2.45, 2.75) is 13.3 Å². The van der Waals surface area contributed by atoms with Gasteiger partial charge in [-0.3, -0.25) is 14.4 Å². The van der Waals surface area contributed by atoms with Crippen molar-refractivity contribution in [3.05, 3.63) is 17.5 Å². The van der Waals surface area contributed by atoms with E-state index in [0.29, 0.717) is 25.2 Å². The SMILES string of the molecule is CCc1nn(C)cc1C(=O)N1CCN(CC#N)CC1. The molecule has 0 radical (unpaired) electrons. The quantitative estimate of drug-likeness (QED) is 0.732. The number of amides is 1. The molecule has 0 N–H and O–H groups in total. The summed E-state index contributed by atoms with van der Waals surface area (Å²) < 4.78 is 1.69. The molecule has 0 aromatic carbocycles. The Balaban J connectivity index is 2.03. The number of nitrogens with zero attached hydrogens (tertiary/aromatic N) is 5. The Bertz CT molecular complexity index is 494. The van der Waals surface area contributed by atoms with Gasteiger partial charge in [-0.15, -0.1) is 0 Å². The van der Waals surface area contributed by atoms with Gasteiger partial charge in [-0.1, -0.05) is 6.92 Å². The van der Waals surface area contributed by atoms with Crippen LogP contribution in [0.15, 0.2) is 6.20 Å². The van der Waals surface area contributed by atoms with Crippen molar-refractivity contribution in [1.82, 2.24) is 19.6 Å². The summed E-state index contributed by atoms with van der Waals surface area (Å²) in [7, 11) is 1.83. The molecule has 1 aliphatic rings. The number of aryl methyl sites for hydroxylation is 2. The first kappa shape index (κ1) is 13.6. The van der Waals surface area contributed by atoms with Gasteiger partial charge < -0.3 is 4.90 Å². The highest BCUT2D eigenvalue weighted by Crippen LogP contribution is 2.12. The molecule has 1 fully saturated rings. The Hall–Kier alpha value is -1.87. The molecule has 1 saturated heterocycles. The van der Waals surface area contributed by atoms with Gasteiger partial charge in [0.15, 0.2) is 0 Å². The molecule has 6 heteroatoms. The van der Waals surface area contributed by atoms with Crippen LogP contribution in [0.2, 0.25) is 0 Å². The lowest BCUT2D eigenvalue weighted by Crippen LogP contribution is -2.48. The minimum atomic E-state index is 0.0570. The second-order valence-electron chi connectivity index (χ2n) is 4.74. The number of carbonyl (C=O) groups is 1. The van der Waals surface area contributed by atoms with Crippen molar-refractivity contribution in [3.8, 4) is 6.07 Å². The van der Waals surface area contributed by atoms with E-state index in [1.54, 1.807) is 10.9 Å². The van der Waals surface area contributed by atoms with Crippen LogP contribution in [0.25, 0.3) is 0 Å². The summed E-state index contributed by atoms with van der Waals surface area (Å²) in [5, 5.41) is 13.0. The van der Waals surface area contributed by atoms with Crippen molar-refractivity contribution < 1.29 is 4.79 Å². The molecule has 0 aliphatic carbocycles. The lowest BCUT2D eigenvalue weighted by molar-refractivity contribution is 0.0650. The predicted molar refractivity (Wildman–Crippen MR) is 70.5 cm³/mol. The summed E-state index contributed by atoms with van der Waals surface area (Å²) in [6.07, 6.45) is 2.55. The van der Waals surface area contributed by atoms with Crippen molar-refractivity contribution in [1.29, 1.82) is 5.26 Å². The fraction of sp³-hybridized carbons (Fsp3) is 0.615. The summed E-state index contributed by atoms with van der Waals surface area (Å²) in [6, 6.07) is 2.14. The third-order valence-electron chi connectivity index (χ3n) is 3.42. The Morgan fingerprint density at radius 3 is 2.68 bits per heavy atom. The average Bonchev–Trinajstić information content (AvgIpc) is 2.80. The largest absolute Gasteiger partial charge is 0.336 e. The molecule has 102 valence electrons. The number of aromatic nitrogens is 2. The van der Waals surface area contributed by atoms with Crippen LogP contribution in [0.1, 0.15) is 23.0 Å². The molecule has 1 aromatic rings. The van der Waals surface area contributed by atoms with Crippen molar-refractivity contribution in [3.63, 3.8) is 0 Å². The smallest absolute Gasteiger partial charge is 0.257 e. The van der Waals surface area contributed by atoms with Gasteiger partial charge in [-0.05, 0) is 6.42 Å². The summed E-state index contributed by atoms with van der Waals surface area (Å²) >= 11 is 0. The van der Waals surface area contributed by atoms with E-state index >= 15 is 0 Å². The Kier molecular flexibility index (Phi) is 4.17. The number of hydrogen-bond donors (Lipinski definition) is 0. The minimum Gasteiger partial charge on any atom is -0.336 e. The predicted octanol–water partition coefficient (Wildman–Crippen LogP) is 0.264. The lowest BCUT2D eigenvalue weighted by Gasteiger charge is -2.33. The van der Waals surface area contributed by atoms with E-state index in [-0.39, 0.29) is 5.91 Å². The molecule has 1 aliphatic heterocycles. The number of rotatable bonds is 3. The highest BCUT2D eigenvalue weighted by molar-refractivity contribution is 5.95. The van der Waals surface area contributed by atoms with Gasteiger partial charge in [0, 0.05) is 39.4 Å². The first-order valence-electron chi connectivity index (χ1n) is 6.56. The van der Waals surface area contributed by atoms with Crippen LogP contribution in [0.3, 0.4) is 0 Å². The molecule has 0 saturated carbocycles. The van der Waals surface area contributed by atoms with E-state index in [1.807, 2.05) is 18.9 Å². The molecule has 2 heterocycles. The summed E-state index contributed by atoms with van der Waals surface area (Å²) in [5.74, 6) is 0.0570. The van der Waals surface area contributed by atoms with Gasteiger partial charge in [0.05, 0.1) is 23.9 Å². The topological polar surface area (TPSA) is 65.2 Å². The van der Waals surface area contributed by atoms with Crippen LogP contribution in [0.5, 0.6) is 0 Å². The van der Waals surface area contributed by atoms with Gasteiger partial charge >= 0.3 is 0 Å². The van der Waals surface area contributed by atoms with Crippen LogP contribution < -0.4 is 0 Å². The highest BCUT2D eigenvalue weighted by atomic mass is 16.2. The van der Waals surface area contributed by atoms with E-state index in [1.165, 1.54) is 0 Å². The zero-order chi connectivity index (χ0) is 13.8. The number of hydrogen-bond acceptors (Lipinski definition) is 4. The monoisotopic (exact) mass is 261 g/mol. The molecule has 1 amide bonds. The molecule has 6 nitrogen and oxygen atoms in total. The first-order chi connectivity index (χ1) is 9.15. The second-order valence-corrected chi connectivity index (χ2v) is 4.74. The van der Waals surface area contributed by atoms with Crippen LogP contribution in [0, 0.1) is 11.3 Å². The molecular weight excluding hydrogens is 242 g/mol. The van der Waals surface area contributed by atoms with Crippen LogP contribution in [0.4, 0.5) is 0 Å². The van der Waals surface area contributed by atoms with Crippen molar-refractivity contribution >= 4 is 5.91 Å². The summed E-state index contributed by atoms with van der Waals surface area (Å²) in [6.45, 7) is 5.33. The molecular formula is C13H19N5O. The highest BCUT2D eigenvalue weighted by Gasteiger charge is 2.24. The Morgan fingerprint density at radius 2 is 2.11 bits per heavy atom. The fourth-order valence-electron chi connectivity index (χ4n) is 2.35. The van der Waals surface area contributed by atoms with E-state index < -0.39 is 0 Å². The summed E-state index contributed by atoms with van der Waals surface area (Å²) in [5.41, 5.74) is 1.56. The normalized spacial score (nSPS) is 16.4. The Labute approximate surface area is 113 Å². The molecule has 19 heavy (non-hydrogen) atoms. The second kappa shape index (κ2) is 5.85. The number of piperazine rings is 1. The maximum Gasteiger partial charge on any atom is 0.257 e. The molecule has 0 unspecified atom stereocenters. The lowest BCUT2D eigenvalue weighted by atomic mass is 10.1. The average molecular weight is 261 g/mol. The molecule has 2 rings (SSSR count). The minimum absolute atomic E-state index is 0.0570. The van der Waals surface area contributed by atoms with E-state index in [0.717, 1.165) is 25.2 Å². The van der Waals surface area contributed by atoms with Gasteiger partial charge in [0.25, 0.3) is 5.91 Å². The van der Waals surface area contributed by atoms with Crippen molar-refractivity contribution in [2.24, 2.45) is 7.05 Å². The van der Waals surface area contributed by atoms with Crippen molar-refractivity contribution in [2.75, 3.05) is 32.7 Å². The molecule has 0 bridgehead atoms. The zero-order valence-electron chi connectivity index (χ0n) is 11.5. The molecule has 1 aromatic heterocycles. The van der Waals surface area contributed by atoms with Crippen LogP contribution >= 0.6 is 0 Å². The van der Waals surface area contributed by atoms with Gasteiger partial charge in [0.1, 0.15) is 0 Å². The van der Waals surface area contributed by atoms with Crippen LogP contribution in [-0.4, -0.2) is 58.2 Å². The van der Waals surface area contributed by atoms with E-state index in [9.17, 15) is 4.79 Å². The number of carbonyl (C=O) groups excluding carboxylic acids is 1.